The maximum Gasteiger partial charge on any atom is 0.273 e. The largest absolute Gasteiger partial charge is 0.367 e. The van der Waals surface area contributed by atoms with Crippen molar-refractivity contribution in [2.75, 3.05) is 32.5 Å². The zero-order valence-electron chi connectivity index (χ0n) is 10.8. The van der Waals surface area contributed by atoms with Gasteiger partial charge in [-0.1, -0.05) is 0 Å². The van der Waals surface area contributed by atoms with Crippen molar-refractivity contribution in [1.82, 2.24) is 20.4 Å². The molecule has 0 aromatic carbocycles. The lowest BCUT2D eigenvalue weighted by atomic mass is 10.2. The van der Waals surface area contributed by atoms with E-state index in [0.717, 1.165) is 13.1 Å². The second kappa shape index (κ2) is 5.77. The van der Waals surface area contributed by atoms with Crippen LogP contribution < -0.4 is 10.6 Å². The molecule has 6 nitrogen and oxygen atoms in total. The molecule has 1 aliphatic rings. The first-order chi connectivity index (χ1) is 8.66. The van der Waals surface area contributed by atoms with Gasteiger partial charge < -0.3 is 15.5 Å². The van der Waals surface area contributed by atoms with E-state index in [-0.39, 0.29) is 5.91 Å². The van der Waals surface area contributed by atoms with Crippen LogP contribution in [0.4, 0.5) is 5.82 Å². The van der Waals surface area contributed by atoms with E-state index in [2.05, 4.69) is 20.8 Å². The Morgan fingerprint density at radius 3 is 2.89 bits per heavy atom. The molecule has 98 valence electrons. The van der Waals surface area contributed by atoms with Crippen LogP contribution in [0.3, 0.4) is 0 Å². The van der Waals surface area contributed by atoms with Gasteiger partial charge in [0.05, 0.1) is 0 Å². The van der Waals surface area contributed by atoms with Gasteiger partial charge >= 0.3 is 0 Å². The van der Waals surface area contributed by atoms with Crippen molar-refractivity contribution in [3.8, 4) is 0 Å². The molecule has 18 heavy (non-hydrogen) atoms. The standard InChI is InChI=1S/C12H19N5O/c1-17(2)12(18)10-5-6-11(16-15-10)14-8-9-4-3-7-13-9/h5-6,9,13H,3-4,7-8H2,1-2H3,(H,14,16). The Hall–Kier alpha value is -1.69. The van der Waals surface area contributed by atoms with E-state index in [1.165, 1.54) is 17.7 Å². The third-order valence-corrected chi connectivity index (χ3v) is 2.98. The molecule has 0 aliphatic carbocycles. The number of rotatable bonds is 4. The summed E-state index contributed by atoms with van der Waals surface area (Å²) in [5.74, 6) is 0.575. The summed E-state index contributed by atoms with van der Waals surface area (Å²) in [6.45, 7) is 1.93. The molecule has 0 saturated carbocycles. The summed E-state index contributed by atoms with van der Waals surface area (Å²) in [6.07, 6.45) is 2.42. The molecular weight excluding hydrogens is 230 g/mol. The van der Waals surface area contributed by atoms with E-state index >= 15 is 0 Å². The molecule has 1 atom stereocenters. The Labute approximate surface area is 107 Å². The second-order valence-corrected chi connectivity index (χ2v) is 4.68. The van der Waals surface area contributed by atoms with Gasteiger partial charge in [0, 0.05) is 26.7 Å². The average Bonchev–Trinajstić information content (AvgIpc) is 2.89. The quantitative estimate of drug-likeness (QED) is 0.805. The highest BCUT2D eigenvalue weighted by atomic mass is 16.2. The lowest BCUT2D eigenvalue weighted by molar-refractivity contribution is 0.0821. The van der Waals surface area contributed by atoms with E-state index in [0.29, 0.717) is 17.6 Å². The van der Waals surface area contributed by atoms with Gasteiger partial charge in [0.2, 0.25) is 0 Å². The van der Waals surface area contributed by atoms with Crippen molar-refractivity contribution < 1.29 is 4.79 Å². The lowest BCUT2D eigenvalue weighted by Crippen LogP contribution is -2.29. The van der Waals surface area contributed by atoms with Gasteiger partial charge in [0.25, 0.3) is 5.91 Å². The fraction of sp³-hybridized carbons (Fsp3) is 0.583. The molecule has 1 aromatic rings. The highest BCUT2D eigenvalue weighted by Gasteiger charge is 2.14. The average molecular weight is 249 g/mol. The van der Waals surface area contributed by atoms with Crippen molar-refractivity contribution in [1.29, 1.82) is 0 Å². The number of anilines is 1. The molecule has 2 heterocycles. The summed E-state index contributed by atoms with van der Waals surface area (Å²) in [5.41, 5.74) is 0.365. The van der Waals surface area contributed by atoms with Crippen LogP contribution in [0.25, 0.3) is 0 Å². The molecule has 1 aliphatic heterocycles. The van der Waals surface area contributed by atoms with Gasteiger partial charge in [-0.3, -0.25) is 4.79 Å². The van der Waals surface area contributed by atoms with Crippen LogP contribution >= 0.6 is 0 Å². The Morgan fingerprint density at radius 2 is 2.33 bits per heavy atom. The summed E-state index contributed by atoms with van der Waals surface area (Å²) in [6, 6.07) is 3.99. The summed E-state index contributed by atoms with van der Waals surface area (Å²) in [4.78, 5) is 13.1. The van der Waals surface area contributed by atoms with Crippen LogP contribution in [0.15, 0.2) is 12.1 Å². The number of hydrogen-bond donors (Lipinski definition) is 2. The summed E-state index contributed by atoms with van der Waals surface area (Å²) in [5, 5.41) is 14.5. The first-order valence-electron chi connectivity index (χ1n) is 6.19. The van der Waals surface area contributed by atoms with E-state index in [9.17, 15) is 4.79 Å². The Kier molecular flexibility index (Phi) is 4.09. The van der Waals surface area contributed by atoms with E-state index in [1.807, 2.05) is 0 Å². The minimum absolute atomic E-state index is 0.133. The zero-order valence-corrected chi connectivity index (χ0v) is 10.8. The maximum absolute atomic E-state index is 11.6. The number of amides is 1. The molecule has 1 amide bonds. The highest BCUT2D eigenvalue weighted by molar-refractivity contribution is 5.91. The number of aromatic nitrogens is 2. The molecule has 1 unspecified atom stereocenters. The number of nitrogens with zero attached hydrogens (tertiary/aromatic N) is 3. The van der Waals surface area contributed by atoms with E-state index in [1.54, 1.807) is 26.2 Å². The number of carbonyl (C=O) groups excluding carboxylic acids is 1. The van der Waals surface area contributed by atoms with Gasteiger partial charge in [0.1, 0.15) is 5.82 Å². The van der Waals surface area contributed by atoms with Crippen LogP contribution in [0, 0.1) is 0 Å². The minimum atomic E-state index is -0.133. The molecule has 0 bridgehead atoms. The fourth-order valence-electron chi connectivity index (χ4n) is 1.93. The van der Waals surface area contributed by atoms with Crippen molar-refractivity contribution in [3.63, 3.8) is 0 Å². The minimum Gasteiger partial charge on any atom is -0.367 e. The highest BCUT2D eigenvalue weighted by Crippen LogP contribution is 2.07. The Morgan fingerprint density at radius 1 is 1.50 bits per heavy atom. The monoisotopic (exact) mass is 249 g/mol. The smallest absolute Gasteiger partial charge is 0.273 e. The number of hydrogen-bond acceptors (Lipinski definition) is 5. The van der Waals surface area contributed by atoms with E-state index in [4.69, 9.17) is 0 Å². The fourth-order valence-corrected chi connectivity index (χ4v) is 1.93. The van der Waals surface area contributed by atoms with Gasteiger partial charge in [-0.2, -0.15) is 0 Å². The first-order valence-corrected chi connectivity index (χ1v) is 6.19. The van der Waals surface area contributed by atoms with Crippen LogP contribution in [0.1, 0.15) is 23.3 Å². The number of carbonyl (C=O) groups is 1. The summed E-state index contributed by atoms with van der Waals surface area (Å²) in [7, 11) is 3.39. The zero-order chi connectivity index (χ0) is 13.0. The van der Waals surface area contributed by atoms with Crippen molar-refractivity contribution >= 4 is 11.7 Å². The molecule has 1 saturated heterocycles. The Balaban J connectivity index is 1.89. The predicted molar refractivity (Wildman–Crippen MR) is 69.6 cm³/mol. The maximum atomic E-state index is 11.6. The lowest BCUT2D eigenvalue weighted by Gasteiger charge is -2.12. The van der Waals surface area contributed by atoms with E-state index < -0.39 is 0 Å². The SMILES string of the molecule is CN(C)C(=O)c1ccc(NCC2CCCN2)nn1. The van der Waals surface area contributed by atoms with Crippen LogP contribution in [0.2, 0.25) is 0 Å². The molecule has 6 heteroatoms. The van der Waals surface area contributed by atoms with Crippen LogP contribution in [-0.4, -0.2) is 54.2 Å². The topological polar surface area (TPSA) is 70.2 Å². The third-order valence-electron chi connectivity index (χ3n) is 2.98. The van der Waals surface area contributed by atoms with Gasteiger partial charge in [-0.05, 0) is 31.5 Å². The van der Waals surface area contributed by atoms with Crippen LogP contribution in [-0.2, 0) is 0 Å². The molecular formula is C12H19N5O. The van der Waals surface area contributed by atoms with Gasteiger partial charge in [0.15, 0.2) is 5.69 Å². The normalized spacial score (nSPS) is 18.7. The van der Waals surface area contributed by atoms with Gasteiger partial charge in [-0.25, -0.2) is 0 Å². The Bertz CT molecular complexity index is 397. The predicted octanol–water partition coefficient (Wildman–Crippen LogP) is 0.342. The molecule has 2 rings (SSSR count). The third kappa shape index (κ3) is 3.16. The second-order valence-electron chi connectivity index (χ2n) is 4.68. The number of nitrogens with one attached hydrogen (secondary N) is 2. The molecule has 0 radical (unpaired) electrons. The van der Waals surface area contributed by atoms with Crippen molar-refractivity contribution in [3.05, 3.63) is 17.8 Å². The van der Waals surface area contributed by atoms with Crippen molar-refractivity contribution in [2.24, 2.45) is 0 Å². The van der Waals surface area contributed by atoms with Crippen molar-refractivity contribution in [2.45, 2.75) is 18.9 Å². The summed E-state index contributed by atoms with van der Waals surface area (Å²) < 4.78 is 0. The first kappa shape index (κ1) is 12.8. The molecule has 2 N–H and O–H groups in total. The molecule has 1 fully saturated rings. The van der Waals surface area contributed by atoms with Gasteiger partial charge in [-0.15, -0.1) is 10.2 Å². The molecule has 1 aromatic heterocycles. The van der Waals surface area contributed by atoms with Crippen LogP contribution in [0.5, 0.6) is 0 Å². The molecule has 0 spiro atoms. The summed E-state index contributed by atoms with van der Waals surface area (Å²) >= 11 is 0.